The zero-order valence-electron chi connectivity index (χ0n) is 14.1. The second-order valence-electron chi connectivity index (χ2n) is 6.88. The summed E-state index contributed by atoms with van der Waals surface area (Å²) < 4.78 is 13.1. The molecule has 124 valence electrons. The average Bonchev–Trinajstić information content (AvgIpc) is 3.18. The number of halogens is 1. The summed E-state index contributed by atoms with van der Waals surface area (Å²) >= 11 is 0. The minimum Gasteiger partial charge on any atom is -0.358 e. The van der Waals surface area contributed by atoms with Crippen LogP contribution in [-0.4, -0.2) is 29.0 Å². The highest BCUT2D eigenvalue weighted by Gasteiger charge is 2.19. The summed E-state index contributed by atoms with van der Waals surface area (Å²) in [6.07, 6.45) is 3.72. The van der Waals surface area contributed by atoms with Gasteiger partial charge in [0, 0.05) is 35.6 Å². The second-order valence-corrected chi connectivity index (χ2v) is 6.88. The van der Waals surface area contributed by atoms with Crippen LogP contribution in [0.4, 0.5) is 4.39 Å². The highest BCUT2D eigenvalue weighted by atomic mass is 19.1. The molecule has 4 rings (SSSR count). The zero-order chi connectivity index (χ0) is 16.5. The van der Waals surface area contributed by atoms with E-state index in [0.717, 1.165) is 30.1 Å². The first-order valence-electron chi connectivity index (χ1n) is 8.81. The lowest BCUT2D eigenvalue weighted by Crippen LogP contribution is -2.29. The monoisotopic (exact) mass is 322 g/mol. The maximum Gasteiger partial charge on any atom is 0.123 e. The molecular weight excluding hydrogens is 299 g/mol. The summed E-state index contributed by atoms with van der Waals surface area (Å²) in [7, 11) is 0. The van der Waals surface area contributed by atoms with Crippen molar-refractivity contribution in [3.63, 3.8) is 0 Å². The summed E-state index contributed by atoms with van der Waals surface area (Å²) in [4.78, 5) is 6.11. The minimum absolute atomic E-state index is 0.195. The van der Waals surface area contributed by atoms with E-state index < -0.39 is 0 Å². The van der Waals surface area contributed by atoms with Crippen LogP contribution in [0.2, 0.25) is 0 Å². The van der Waals surface area contributed by atoms with Crippen LogP contribution in [0.25, 0.3) is 22.0 Å². The van der Waals surface area contributed by atoms with Gasteiger partial charge in [-0.15, -0.1) is 0 Å². The highest BCUT2D eigenvalue weighted by molar-refractivity contribution is 5.85. The molecule has 0 bridgehead atoms. The fourth-order valence-electron chi connectivity index (χ4n) is 3.74. The molecule has 0 radical (unpaired) electrons. The molecule has 1 fully saturated rings. The Balaban J connectivity index is 1.53. The molecule has 0 aliphatic carbocycles. The minimum atomic E-state index is -0.195. The van der Waals surface area contributed by atoms with E-state index in [2.05, 4.69) is 41.1 Å². The van der Waals surface area contributed by atoms with Gasteiger partial charge in [-0.1, -0.05) is 18.2 Å². The summed E-state index contributed by atoms with van der Waals surface area (Å²) in [5.41, 5.74) is 4.64. The Bertz CT molecular complexity index is 835. The van der Waals surface area contributed by atoms with Gasteiger partial charge in [0.1, 0.15) is 5.82 Å². The fraction of sp³-hybridized carbons (Fsp3) is 0.333. The van der Waals surface area contributed by atoms with Crippen molar-refractivity contribution in [1.29, 1.82) is 0 Å². The molecule has 24 heavy (non-hydrogen) atoms. The van der Waals surface area contributed by atoms with Crippen LogP contribution in [0.3, 0.4) is 0 Å². The summed E-state index contributed by atoms with van der Waals surface area (Å²) in [6, 6.07) is 16.1. The van der Waals surface area contributed by atoms with Crippen molar-refractivity contribution < 1.29 is 4.39 Å². The number of fused-ring (bicyclic) bond motifs is 1. The van der Waals surface area contributed by atoms with Gasteiger partial charge in [0.15, 0.2) is 0 Å². The van der Waals surface area contributed by atoms with Crippen LogP contribution in [0, 0.1) is 5.82 Å². The van der Waals surface area contributed by atoms with Crippen LogP contribution in [0.1, 0.15) is 25.5 Å². The topological polar surface area (TPSA) is 19.0 Å². The number of nitrogens with zero attached hydrogens (tertiary/aromatic N) is 1. The van der Waals surface area contributed by atoms with Crippen molar-refractivity contribution in [2.45, 2.75) is 32.2 Å². The molecule has 0 unspecified atom stereocenters. The lowest BCUT2D eigenvalue weighted by Gasteiger charge is -2.20. The predicted octanol–water partition coefficient (Wildman–Crippen LogP) is 5.00. The van der Waals surface area contributed by atoms with Crippen LogP contribution in [0.5, 0.6) is 0 Å². The molecule has 2 aromatic carbocycles. The molecule has 2 nitrogen and oxygen atoms in total. The van der Waals surface area contributed by atoms with Gasteiger partial charge in [0.2, 0.25) is 0 Å². The molecule has 3 heteroatoms. The smallest absolute Gasteiger partial charge is 0.123 e. The van der Waals surface area contributed by atoms with Gasteiger partial charge >= 0.3 is 0 Å². The maximum atomic E-state index is 13.1. The van der Waals surface area contributed by atoms with Gasteiger partial charge in [-0.25, -0.2) is 4.39 Å². The highest BCUT2D eigenvalue weighted by Crippen LogP contribution is 2.26. The first-order valence-corrected chi connectivity index (χ1v) is 8.81. The molecule has 1 aliphatic rings. The van der Waals surface area contributed by atoms with Crippen LogP contribution >= 0.6 is 0 Å². The Morgan fingerprint density at radius 3 is 2.62 bits per heavy atom. The Hall–Kier alpha value is -2.13. The van der Waals surface area contributed by atoms with Crippen LogP contribution < -0.4 is 0 Å². The van der Waals surface area contributed by atoms with Crippen LogP contribution in [-0.2, 0) is 6.42 Å². The van der Waals surface area contributed by atoms with Crippen molar-refractivity contribution in [3.05, 3.63) is 60.0 Å². The number of aromatic nitrogens is 1. The van der Waals surface area contributed by atoms with Crippen molar-refractivity contribution >= 4 is 10.9 Å². The molecule has 1 aliphatic heterocycles. The average molecular weight is 322 g/mol. The molecule has 1 aromatic heterocycles. The molecule has 1 N–H and O–H groups in total. The lowest BCUT2D eigenvalue weighted by atomic mass is 10.0. The number of benzene rings is 2. The first-order chi connectivity index (χ1) is 11.7. The summed E-state index contributed by atoms with van der Waals surface area (Å²) in [5.74, 6) is -0.195. The number of aromatic amines is 1. The van der Waals surface area contributed by atoms with Gasteiger partial charge in [-0.05, 0) is 67.8 Å². The standard InChI is InChI=1S/C21H23FN2/c1-15-3-2-11-24(15)12-10-20-14-18-13-17(6-9-21(18)23-20)16-4-7-19(22)8-5-16/h4-9,13-15,23H,2-3,10-12H2,1H3/t15-/m1/s1. The lowest BCUT2D eigenvalue weighted by molar-refractivity contribution is 0.271. The quantitative estimate of drug-likeness (QED) is 0.716. The normalized spacial score (nSPS) is 18.5. The second kappa shape index (κ2) is 6.40. The molecule has 2 heterocycles. The number of likely N-dealkylation sites (tertiary alicyclic amines) is 1. The van der Waals surface area contributed by atoms with Crippen molar-refractivity contribution in [1.82, 2.24) is 9.88 Å². The molecule has 0 spiro atoms. The number of nitrogens with one attached hydrogen (secondary N) is 1. The third kappa shape index (κ3) is 3.09. The molecule has 0 amide bonds. The van der Waals surface area contributed by atoms with Gasteiger partial charge in [0.05, 0.1) is 0 Å². The zero-order valence-corrected chi connectivity index (χ0v) is 14.1. The van der Waals surface area contributed by atoms with Crippen molar-refractivity contribution in [2.24, 2.45) is 0 Å². The predicted molar refractivity (Wildman–Crippen MR) is 97.7 cm³/mol. The Labute approximate surface area is 142 Å². The molecule has 0 saturated carbocycles. The third-order valence-corrected chi connectivity index (χ3v) is 5.21. The SMILES string of the molecule is C[C@@H]1CCCN1CCc1cc2cc(-c3ccc(F)cc3)ccc2[nH]1. The van der Waals surface area contributed by atoms with Gasteiger partial charge in [-0.2, -0.15) is 0 Å². The Kier molecular flexibility index (Phi) is 4.11. The van der Waals surface area contributed by atoms with Gasteiger partial charge in [0.25, 0.3) is 0 Å². The van der Waals surface area contributed by atoms with Crippen molar-refractivity contribution in [2.75, 3.05) is 13.1 Å². The summed E-state index contributed by atoms with van der Waals surface area (Å²) in [5, 5.41) is 1.22. The summed E-state index contributed by atoms with van der Waals surface area (Å²) in [6.45, 7) is 4.68. The van der Waals surface area contributed by atoms with E-state index in [9.17, 15) is 4.39 Å². The molecule has 1 saturated heterocycles. The molecular formula is C21H23FN2. The maximum absolute atomic E-state index is 13.1. The number of H-pyrrole nitrogens is 1. The van der Waals surface area contributed by atoms with Crippen LogP contribution in [0.15, 0.2) is 48.5 Å². The van der Waals surface area contributed by atoms with E-state index in [4.69, 9.17) is 0 Å². The van der Waals surface area contributed by atoms with E-state index in [-0.39, 0.29) is 5.82 Å². The molecule has 3 aromatic rings. The third-order valence-electron chi connectivity index (χ3n) is 5.21. The van der Waals surface area contributed by atoms with Gasteiger partial charge < -0.3 is 9.88 Å². The van der Waals surface area contributed by atoms with E-state index in [0.29, 0.717) is 0 Å². The van der Waals surface area contributed by atoms with Gasteiger partial charge in [-0.3, -0.25) is 0 Å². The molecule has 1 atom stereocenters. The van der Waals surface area contributed by atoms with E-state index >= 15 is 0 Å². The van der Waals surface area contributed by atoms with Crippen molar-refractivity contribution in [3.8, 4) is 11.1 Å². The number of hydrogen-bond acceptors (Lipinski definition) is 1. The fourth-order valence-corrected chi connectivity index (χ4v) is 3.74. The van der Waals surface area contributed by atoms with E-state index in [1.807, 2.05) is 12.1 Å². The first kappa shape index (κ1) is 15.4. The van der Waals surface area contributed by atoms with E-state index in [1.165, 1.54) is 48.1 Å². The number of hydrogen-bond donors (Lipinski definition) is 1. The largest absolute Gasteiger partial charge is 0.358 e. The van der Waals surface area contributed by atoms with E-state index in [1.54, 1.807) is 0 Å². The number of rotatable bonds is 4. The Morgan fingerprint density at radius 1 is 1.08 bits per heavy atom. The Morgan fingerprint density at radius 2 is 1.88 bits per heavy atom.